The van der Waals surface area contributed by atoms with Crippen LogP contribution in [0.1, 0.15) is 16.7 Å². The molecule has 0 saturated heterocycles. The Morgan fingerprint density at radius 1 is 1.50 bits per heavy atom. The Hall–Kier alpha value is -0.970. The highest BCUT2D eigenvalue weighted by molar-refractivity contribution is 7.09. The number of rotatable bonds is 3. The highest BCUT2D eigenvalue weighted by Gasteiger charge is 2.11. The van der Waals surface area contributed by atoms with Gasteiger partial charge in [0.25, 0.3) is 0 Å². The van der Waals surface area contributed by atoms with Gasteiger partial charge in [-0.15, -0.1) is 11.3 Å². The molecular formula is C11H9ClFNOS. The van der Waals surface area contributed by atoms with Gasteiger partial charge in [-0.2, -0.15) is 0 Å². The van der Waals surface area contributed by atoms with Crippen LogP contribution < -0.4 is 0 Å². The summed E-state index contributed by atoms with van der Waals surface area (Å²) in [4.78, 5) is 4.01. The molecule has 2 nitrogen and oxygen atoms in total. The van der Waals surface area contributed by atoms with Gasteiger partial charge in [0.1, 0.15) is 16.9 Å². The van der Waals surface area contributed by atoms with E-state index in [0.29, 0.717) is 11.4 Å². The van der Waals surface area contributed by atoms with Gasteiger partial charge in [0, 0.05) is 18.0 Å². The molecule has 5 heteroatoms. The van der Waals surface area contributed by atoms with Crippen molar-refractivity contribution in [2.45, 2.75) is 12.5 Å². The van der Waals surface area contributed by atoms with Crippen molar-refractivity contribution in [2.75, 3.05) is 0 Å². The van der Waals surface area contributed by atoms with Crippen molar-refractivity contribution in [3.05, 3.63) is 51.2 Å². The lowest BCUT2D eigenvalue weighted by molar-refractivity contribution is 0.178. The molecule has 0 aliphatic heterocycles. The molecule has 1 atom stereocenters. The summed E-state index contributed by atoms with van der Waals surface area (Å²) in [5.74, 6) is -0.450. The van der Waals surface area contributed by atoms with Crippen molar-refractivity contribution in [1.29, 1.82) is 0 Å². The third-order valence-corrected chi connectivity index (χ3v) is 3.32. The number of benzene rings is 1. The van der Waals surface area contributed by atoms with E-state index >= 15 is 0 Å². The lowest BCUT2D eigenvalue weighted by atomic mass is 10.1. The Balaban J connectivity index is 2.12. The molecule has 1 unspecified atom stereocenters. The lowest BCUT2D eigenvalue weighted by Crippen LogP contribution is -2.01. The van der Waals surface area contributed by atoms with E-state index < -0.39 is 11.9 Å². The first-order chi connectivity index (χ1) is 7.66. The molecular weight excluding hydrogens is 249 g/mol. The molecule has 0 amide bonds. The molecule has 1 aromatic heterocycles. The van der Waals surface area contributed by atoms with Gasteiger partial charge in [-0.1, -0.05) is 17.7 Å². The average molecular weight is 258 g/mol. The highest BCUT2D eigenvalue weighted by Crippen LogP contribution is 2.23. The minimum atomic E-state index is -0.665. The van der Waals surface area contributed by atoms with Crippen LogP contribution in [0, 0.1) is 5.82 Å². The van der Waals surface area contributed by atoms with Crippen molar-refractivity contribution < 1.29 is 9.50 Å². The molecule has 0 aliphatic rings. The van der Waals surface area contributed by atoms with E-state index in [9.17, 15) is 9.50 Å². The molecule has 0 saturated carbocycles. The molecule has 84 valence electrons. The molecule has 0 radical (unpaired) electrons. The van der Waals surface area contributed by atoms with Gasteiger partial charge >= 0.3 is 0 Å². The molecule has 16 heavy (non-hydrogen) atoms. The van der Waals surface area contributed by atoms with E-state index in [0.717, 1.165) is 5.56 Å². The third-order valence-electron chi connectivity index (χ3n) is 2.15. The van der Waals surface area contributed by atoms with Crippen LogP contribution in [0.3, 0.4) is 0 Å². The van der Waals surface area contributed by atoms with Crippen LogP contribution in [-0.4, -0.2) is 10.1 Å². The first-order valence-electron chi connectivity index (χ1n) is 4.68. The fraction of sp³-hybridized carbons (Fsp3) is 0.182. The molecule has 0 aliphatic carbocycles. The van der Waals surface area contributed by atoms with Gasteiger partial charge in [-0.25, -0.2) is 9.37 Å². The zero-order valence-electron chi connectivity index (χ0n) is 8.23. The van der Waals surface area contributed by atoms with Crippen LogP contribution in [0.15, 0.2) is 29.8 Å². The summed E-state index contributed by atoms with van der Waals surface area (Å²) in [6.45, 7) is 0. The topological polar surface area (TPSA) is 33.1 Å². The number of nitrogens with zero attached hydrogens (tertiary/aromatic N) is 1. The fourth-order valence-corrected chi connectivity index (χ4v) is 2.20. The zero-order valence-corrected chi connectivity index (χ0v) is 9.80. The maximum absolute atomic E-state index is 12.9. The summed E-state index contributed by atoms with van der Waals surface area (Å²) in [5.41, 5.74) is 0.786. The first-order valence-corrected chi connectivity index (χ1v) is 5.94. The third kappa shape index (κ3) is 2.58. The fourth-order valence-electron chi connectivity index (χ4n) is 1.38. The quantitative estimate of drug-likeness (QED) is 0.916. The Morgan fingerprint density at radius 2 is 2.31 bits per heavy atom. The van der Waals surface area contributed by atoms with Gasteiger partial charge in [0.05, 0.1) is 5.02 Å². The molecule has 1 N–H and O–H groups in total. The maximum atomic E-state index is 12.9. The number of halogens is 2. The summed E-state index contributed by atoms with van der Waals surface area (Å²) in [6.07, 6.45) is 1.36. The second-order valence-electron chi connectivity index (χ2n) is 3.34. The van der Waals surface area contributed by atoms with Crippen molar-refractivity contribution in [3.8, 4) is 0 Å². The Kier molecular flexibility index (Phi) is 3.53. The van der Waals surface area contributed by atoms with Crippen molar-refractivity contribution in [3.63, 3.8) is 0 Å². The van der Waals surface area contributed by atoms with Crippen LogP contribution >= 0.6 is 22.9 Å². The summed E-state index contributed by atoms with van der Waals surface area (Å²) >= 11 is 7.04. The Labute approximate surface area is 101 Å². The molecule has 1 aromatic carbocycles. The first kappa shape index (κ1) is 11.5. The number of hydrogen-bond acceptors (Lipinski definition) is 3. The van der Waals surface area contributed by atoms with Crippen LogP contribution in [0.25, 0.3) is 0 Å². The predicted molar refractivity (Wildman–Crippen MR) is 62.2 cm³/mol. The number of hydrogen-bond donors (Lipinski definition) is 1. The van der Waals surface area contributed by atoms with E-state index in [1.165, 1.54) is 23.5 Å². The van der Waals surface area contributed by atoms with Gasteiger partial charge in [-0.3, -0.25) is 0 Å². The predicted octanol–water partition coefficient (Wildman–Crippen LogP) is 3.21. The standard InChI is InChI=1S/C11H9ClFNOS/c12-8-5-7(1-2-9(8)13)6-10(15)11-14-3-4-16-11/h1-5,10,15H,6H2. The molecule has 1 heterocycles. The SMILES string of the molecule is OC(Cc1ccc(F)c(Cl)c1)c1nccs1. The smallest absolute Gasteiger partial charge is 0.141 e. The van der Waals surface area contributed by atoms with Crippen LogP contribution in [0.5, 0.6) is 0 Å². The van der Waals surface area contributed by atoms with E-state index in [1.807, 2.05) is 0 Å². The van der Waals surface area contributed by atoms with Crippen LogP contribution in [0.4, 0.5) is 4.39 Å². The monoisotopic (exact) mass is 257 g/mol. The Bertz CT molecular complexity index is 475. The number of aliphatic hydroxyl groups is 1. The van der Waals surface area contributed by atoms with E-state index in [1.54, 1.807) is 17.6 Å². The lowest BCUT2D eigenvalue weighted by Gasteiger charge is -2.07. The zero-order chi connectivity index (χ0) is 11.5. The van der Waals surface area contributed by atoms with Crippen molar-refractivity contribution in [1.82, 2.24) is 4.98 Å². The van der Waals surface area contributed by atoms with E-state index in [2.05, 4.69) is 4.98 Å². The second kappa shape index (κ2) is 4.91. The number of aliphatic hydroxyl groups excluding tert-OH is 1. The minimum Gasteiger partial charge on any atom is -0.386 e. The molecule has 2 rings (SSSR count). The number of thiazole rings is 1. The van der Waals surface area contributed by atoms with Crippen molar-refractivity contribution in [2.24, 2.45) is 0 Å². The second-order valence-corrected chi connectivity index (χ2v) is 4.67. The summed E-state index contributed by atoms with van der Waals surface area (Å²) in [6, 6.07) is 4.43. The molecule has 0 fully saturated rings. The molecule has 2 aromatic rings. The normalized spacial score (nSPS) is 12.7. The molecule has 0 bridgehead atoms. The highest BCUT2D eigenvalue weighted by atomic mass is 35.5. The van der Waals surface area contributed by atoms with Gasteiger partial charge < -0.3 is 5.11 Å². The van der Waals surface area contributed by atoms with Crippen LogP contribution in [0.2, 0.25) is 5.02 Å². The summed E-state index contributed by atoms with van der Waals surface area (Å²) in [5, 5.41) is 12.4. The van der Waals surface area contributed by atoms with Crippen LogP contribution in [-0.2, 0) is 6.42 Å². The van der Waals surface area contributed by atoms with Gasteiger partial charge in [0.2, 0.25) is 0 Å². The van der Waals surface area contributed by atoms with Gasteiger partial charge in [-0.05, 0) is 17.7 Å². The molecule has 0 spiro atoms. The largest absolute Gasteiger partial charge is 0.386 e. The summed E-state index contributed by atoms with van der Waals surface area (Å²) < 4.78 is 12.9. The van der Waals surface area contributed by atoms with E-state index in [-0.39, 0.29) is 5.02 Å². The maximum Gasteiger partial charge on any atom is 0.141 e. The van der Waals surface area contributed by atoms with Crippen molar-refractivity contribution >= 4 is 22.9 Å². The number of aromatic nitrogens is 1. The average Bonchev–Trinajstić information content (AvgIpc) is 2.77. The Morgan fingerprint density at radius 3 is 2.94 bits per heavy atom. The minimum absolute atomic E-state index is 0.0730. The van der Waals surface area contributed by atoms with E-state index in [4.69, 9.17) is 11.6 Å². The van der Waals surface area contributed by atoms with Gasteiger partial charge in [0.15, 0.2) is 0 Å². The summed E-state index contributed by atoms with van der Waals surface area (Å²) in [7, 11) is 0.